The second kappa shape index (κ2) is 8.20. The highest BCUT2D eigenvalue weighted by Crippen LogP contribution is 2.16. The smallest absolute Gasteiger partial charge is 0.123 e. The molecule has 0 heterocycles. The lowest BCUT2D eigenvalue weighted by Crippen LogP contribution is -2.25. The van der Waals surface area contributed by atoms with Crippen LogP contribution < -0.4 is 5.32 Å². The van der Waals surface area contributed by atoms with Crippen molar-refractivity contribution in [1.29, 1.82) is 0 Å². The van der Waals surface area contributed by atoms with Crippen LogP contribution in [0.15, 0.2) is 24.3 Å². The van der Waals surface area contributed by atoms with E-state index < -0.39 is 0 Å². The van der Waals surface area contributed by atoms with E-state index in [1.54, 1.807) is 0 Å². The molecule has 96 valence electrons. The van der Waals surface area contributed by atoms with Gasteiger partial charge in [-0.3, -0.25) is 0 Å². The van der Waals surface area contributed by atoms with Gasteiger partial charge in [0.15, 0.2) is 0 Å². The molecule has 0 bridgehead atoms. The van der Waals surface area contributed by atoms with Gasteiger partial charge in [-0.05, 0) is 37.6 Å². The topological polar surface area (TPSA) is 21.3 Å². The molecule has 1 rings (SSSR count). The predicted molar refractivity (Wildman–Crippen MR) is 68.8 cm³/mol. The molecule has 3 heteroatoms. The lowest BCUT2D eigenvalue weighted by Gasteiger charge is -2.17. The highest BCUT2D eigenvalue weighted by molar-refractivity contribution is 5.21. The Morgan fingerprint density at radius 1 is 1.24 bits per heavy atom. The van der Waals surface area contributed by atoms with E-state index in [0.717, 1.165) is 25.1 Å². The summed E-state index contributed by atoms with van der Waals surface area (Å²) in [6.07, 6.45) is 1.12. The molecule has 0 aliphatic heterocycles. The number of hydrogen-bond acceptors (Lipinski definition) is 2. The van der Waals surface area contributed by atoms with Crippen LogP contribution in [0.1, 0.15) is 31.7 Å². The van der Waals surface area contributed by atoms with Gasteiger partial charge in [-0.2, -0.15) is 0 Å². The Hall–Kier alpha value is -0.930. The molecule has 0 radical (unpaired) electrons. The molecule has 0 spiro atoms. The minimum Gasteiger partial charge on any atom is -0.381 e. The Balaban J connectivity index is 2.57. The molecular formula is C14H22FNO. The van der Waals surface area contributed by atoms with Crippen molar-refractivity contribution in [3.63, 3.8) is 0 Å². The van der Waals surface area contributed by atoms with Crippen LogP contribution in [0, 0.1) is 5.82 Å². The SMILES string of the molecule is CCCNCC(COCC)c1ccc(F)cc1. The molecule has 1 unspecified atom stereocenters. The molecule has 0 saturated heterocycles. The quantitative estimate of drug-likeness (QED) is 0.704. The number of ether oxygens (including phenoxy) is 1. The second-order valence-electron chi connectivity index (χ2n) is 4.11. The molecule has 0 aliphatic rings. The zero-order valence-electron chi connectivity index (χ0n) is 10.7. The summed E-state index contributed by atoms with van der Waals surface area (Å²) in [5.41, 5.74) is 1.13. The normalized spacial score (nSPS) is 12.6. The third-order valence-corrected chi connectivity index (χ3v) is 2.68. The Morgan fingerprint density at radius 2 is 1.94 bits per heavy atom. The summed E-state index contributed by atoms with van der Waals surface area (Å²) in [5.74, 6) is 0.104. The molecule has 0 aliphatic carbocycles. The molecular weight excluding hydrogens is 217 g/mol. The van der Waals surface area contributed by atoms with E-state index in [1.165, 1.54) is 12.1 Å². The summed E-state index contributed by atoms with van der Waals surface area (Å²) >= 11 is 0. The van der Waals surface area contributed by atoms with E-state index in [0.29, 0.717) is 19.1 Å². The highest BCUT2D eigenvalue weighted by Gasteiger charge is 2.11. The molecule has 0 fully saturated rings. The van der Waals surface area contributed by atoms with Gasteiger partial charge in [0.2, 0.25) is 0 Å². The Bertz CT molecular complexity index is 300. The fourth-order valence-electron chi connectivity index (χ4n) is 1.72. The van der Waals surface area contributed by atoms with Gasteiger partial charge < -0.3 is 10.1 Å². The largest absolute Gasteiger partial charge is 0.381 e. The van der Waals surface area contributed by atoms with Crippen LogP contribution in [0.4, 0.5) is 4.39 Å². The number of nitrogens with one attached hydrogen (secondary N) is 1. The number of benzene rings is 1. The van der Waals surface area contributed by atoms with Gasteiger partial charge in [0.1, 0.15) is 5.82 Å². The first-order valence-electron chi connectivity index (χ1n) is 6.31. The van der Waals surface area contributed by atoms with E-state index >= 15 is 0 Å². The Morgan fingerprint density at radius 3 is 2.53 bits per heavy atom. The average molecular weight is 239 g/mol. The van der Waals surface area contributed by atoms with Crippen LogP contribution in [-0.2, 0) is 4.74 Å². The van der Waals surface area contributed by atoms with Gasteiger partial charge in [-0.1, -0.05) is 19.1 Å². The number of halogens is 1. The molecule has 1 N–H and O–H groups in total. The zero-order chi connectivity index (χ0) is 12.5. The van der Waals surface area contributed by atoms with Crippen molar-refractivity contribution in [3.8, 4) is 0 Å². The predicted octanol–water partition coefficient (Wildman–Crippen LogP) is 2.95. The first-order chi connectivity index (χ1) is 8.27. The standard InChI is InChI=1S/C14H22FNO/c1-3-9-16-10-13(11-17-4-2)12-5-7-14(15)8-6-12/h5-8,13,16H,3-4,9-11H2,1-2H3. The fraction of sp³-hybridized carbons (Fsp3) is 0.571. The summed E-state index contributed by atoms with van der Waals surface area (Å²) in [5, 5.41) is 3.38. The second-order valence-corrected chi connectivity index (χ2v) is 4.11. The third kappa shape index (κ3) is 5.29. The molecule has 2 nitrogen and oxygen atoms in total. The van der Waals surface area contributed by atoms with Crippen molar-refractivity contribution < 1.29 is 9.13 Å². The highest BCUT2D eigenvalue weighted by atomic mass is 19.1. The van der Waals surface area contributed by atoms with Crippen LogP contribution >= 0.6 is 0 Å². The molecule has 1 aromatic rings. The maximum Gasteiger partial charge on any atom is 0.123 e. The van der Waals surface area contributed by atoms with Crippen LogP contribution in [-0.4, -0.2) is 26.3 Å². The van der Waals surface area contributed by atoms with Gasteiger partial charge in [-0.15, -0.1) is 0 Å². The van der Waals surface area contributed by atoms with Crippen LogP contribution in [0.25, 0.3) is 0 Å². The average Bonchev–Trinajstić information content (AvgIpc) is 2.35. The van der Waals surface area contributed by atoms with Crippen molar-refractivity contribution >= 4 is 0 Å². The van der Waals surface area contributed by atoms with E-state index in [-0.39, 0.29) is 5.82 Å². The minimum absolute atomic E-state index is 0.189. The molecule has 17 heavy (non-hydrogen) atoms. The van der Waals surface area contributed by atoms with Gasteiger partial charge in [0, 0.05) is 19.1 Å². The van der Waals surface area contributed by atoms with Crippen LogP contribution in [0.2, 0.25) is 0 Å². The maximum atomic E-state index is 12.9. The van der Waals surface area contributed by atoms with Crippen LogP contribution in [0.5, 0.6) is 0 Å². The lowest BCUT2D eigenvalue weighted by atomic mass is 10.00. The van der Waals surface area contributed by atoms with Gasteiger partial charge in [-0.25, -0.2) is 4.39 Å². The van der Waals surface area contributed by atoms with E-state index in [2.05, 4.69) is 12.2 Å². The summed E-state index contributed by atoms with van der Waals surface area (Å²) in [6.45, 7) is 7.40. The van der Waals surface area contributed by atoms with Gasteiger partial charge in [0.25, 0.3) is 0 Å². The maximum absolute atomic E-state index is 12.9. The van der Waals surface area contributed by atoms with E-state index in [1.807, 2.05) is 19.1 Å². The van der Waals surface area contributed by atoms with Crippen molar-refractivity contribution in [2.24, 2.45) is 0 Å². The zero-order valence-corrected chi connectivity index (χ0v) is 10.7. The molecule has 1 aromatic carbocycles. The first kappa shape index (κ1) is 14.1. The fourth-order valence-corrected chi connectivity index (χ4v) is 1.72. The summed E-state index contributed by atoms with van der Waals surface area (Å²) in [7, 11) is 0. The Kier molecular flexibility index (Phi) is 6.82. The third-order valence-electron chi connectivity index (χ3n) is 2.68. The molecule has 0 aromatic heterocycles. The lowest BCUT2D eigenvalue weighted by molar-refractivity contribution is 0.131. The van der Waals surface area contributed by atoms with Crippen molar-refractivity contribution in [2.45, 2.75) is 26.2 Å². The Labute approximate surface area is 103 Å². The summed E-state index contributed by atoms with van der Waals surface area (Å²) in [4.78, 5) is 0. The van der Waals surface area contributed by atoms with E-state index in [4.69, 9.17) is 4.74 Å². The van der Waals surface area contributed by atoms with Gasteiger partial charge >= 0.3 is 0 Å². The molecule has 1 atom stereocenters. The number of rotatable bonds is 8. The van der Waals surface area contributed by atoms with E-state index in [9.17, 15) is 4.39 Å². The van der Waals surface area contributed by atoms with Crippen molar-refractivity contribution in [2.75, 3.05) is 26.3 Å². The minimum atomic E-state index is -0.189. The van der Waals surface area contributed by atoms with Crippen molar-refractivity contribution in [1.82, 2.24) is 5.32 Å². The molecule has 0 saturated carbocycles. The van der Waals surface area contributed by atoms with Gasteiger partial charge in [0.05, 0.1) is 6.61 Å². The molecule has 0 amide bonds. The summed E-state index contributed by atoms with van der Waals surface area (Å²) < 4.78 is 18.3. The first-order valence-corrected chi connectivity index (χ1v) is 6.31. The van der Waals surface area contributed by atoms with Crippen LogP contribution in [0.3, 0.4) is 0 Å². The number of hydrogen-bond donors (Lipinski definition) is 1. The monoisotopic (exact) mass is 239 g/mol. The van der Waals surface area contributed by atoms with Crippen molar-refractivity contribution in [3.05, 3.63) is 35.6 Å². The summed E-state index contributed by atoms with van der Waals surface area (Å²) in [6, 6.07) is 6.70.